The molecule has 3 unspecified atom stereocenters. The molecule has 0 bridgehead atoms. The zero-order chi connectivity index (χ0) is 11.3. The van der Waals surface area contributed by atoms with E-state index in [-0.39, 0.29) is 11.3 Å². The van der Waals surface area contributed by atoms with Crippen molar-refractivity contribution in [1.82, 2.24) is 0 Å². The van der Waals surface area contributed by atoms with Crippen LogP contribution in [-0.2, 0) is 23.6 Å². The summed E-state index contributed by atoms with van der Waals surface area (Å²) in [6, 6.07) is 4.45. The molecule has 86 valence electrons. The van der Waals surface area contributed by atoms with Crippen LogP contribution in [0.1, 0.15) is 42.5 Å². The lowest BCUT2D eigenvalue weighted by molar-refractivity contribution is 0.591. The minimum absolute atomic E-state index is 0.0774. The molecule has 3 atom stereocenters. The molecule has 1 aromatic rings. The van der Waals surface area contributed by atoms with E-state index in [4.69, 9.17) is 5.73 Å². The van der Waals surface area contributed by atoms with Gasteiger partial charge in [-0.25, -0.2) is 0 Å². The summed E-state index contributed by atoms with van der Waals surface area (Å²) in [5.74, 6) is 0. The zero-order valence-electron chi connectivity index (χ0n) is 9.53. The van der Waals surface area contributed by atoms with Gasteiger partial charge < -0.3 is 5.73 Å². The molecular weight excluding hydrogens is 218 g/mol. The third kappa shape index (κ3) is 1.45. The predicted octanol–water partition coefficient (Wildman–Crippen LogP) is 2.07. The summed E-state index contributed by atoms with van der Waals surface area (Å²) in [5, 5.41) is 0.196. The van der Waals surface area contributed by atoms with Crippen LogP contribution in [0.4, 0.5) is 0 Å². The molecule has 1 aliphatic carbocycles. The molecule has 2 nitrogen and oxygen atoms in total. The van der Waals surface area contributed by atoms with Gasteiger partial charge in [0.2, 0.25) is 0 Å². The first kappa shape index (κ1) is 10.5. The van der Waals surface area contributed by atoms with Gasteiger partial charge in [0.1, 0.15) is 0 Å². The van der Waals surface area contributed by atoms with Gasteiger partial charge in [-0.3, -0.25) is 4.21 Å². The second-order valence-electron chi connectivity index (χ2n) is 4.96. The molecule has 3 rings (SSSR count). The molecule has 3 heteroatoms. The van der Waals surface area contributed by atoms with Gasteiger partial charge in [0.05, 0.1) is 10.8 Å². The van der Waals surface area contributed by atoms with Gasteiger partial charge in [0, 0.05) is 16.2 Å². The summed E-state index contributed by atoms with van der Waals surface area (Å²) in [5.41, 5.74) is 10.1. The number of benzene rings is 1. The van der Waals surface area contributed by atoms with E-state index in [1.54, 1.807) is 0 Å². The maximum Gasteiger partial charge on any atom is 0.0562 e. The Morgan fingerprint density at radius 3 is 2.75 bits per heavy atom. The van der Waals surface area contributed by atoms with Crippen molar-refractivity contribution in [3.05, 3.63) is 28.8 Å². The van der Waals surface area contributed by atoms with E-state index in [1.807, 2.05) is 6.92 Å². The minimum Gasteiger partial charge on any atom is -0.324 e. The van der Waals surface area contributed by atoms with Crippen molar-refractivity contribution in [2.45, 2.75) is 48.8 Å². The summed E-state index contributed by atoms with van der Waals surface area (Å²) in [4.78, 5) is 1.01. The molecule has 0 fully saturated rings. The second kappa shape index (κ2) is 3.67. The van der Waals surface area contributed by atoms with Crippen molar-refractivity contribution >= 4 is 10.8 Å². The molecule has 0 aromatic heterocycles. The van der Waals surface area contributed by atoms with Crippen LogP contribution in [-0.4, -0.2) is 9.46 Å². The van der Waals surface area contributed by atoms with Crippen molar-refractivity contribution in [3.8, 4) is 0 Å². The molecule has 0 saturated carbocycles. The minimum atomic E-state index is -0.853. The molecule has 2 aliphatic rings. The van der Waals surface area contributed by atoms with E-state index in [1.165, 1.54) is 17.5 Å². The normalized spacial score (nSPS) is 32.2. The molecule has 1 heterocycles. The highest BCUT2D eigenvalue weighted by Gasteiger charge is 2.29. The smallest absolute Gasteiger partial charge is 0.0562 e. The van der Waals surface area contributed by atoms with Crippen molar-refractivity contribution in [3.63, 3.8) is 0 Å². The van der Waals surface area contributed by atoms with Gasteiger partial charge >= 0.3 is 0 Å². The van der Waals surface area contributed by atoms with Gasteiger partial charge in [0.15, 0.2) is 0 Å². The summed E-state index contributed by atoms with van der Waals surface area (Å²) in [6.45, 7) is 2.03. The van der Waals surface area contributed by atoms with Gasteiger partial charge in [-0.15, -0.1) is 0 Å². The topological polar surface area (TPSA) is 43.1 Å². The number of aryl methyl sites for hydroxylation is 2. The molecule has 16 heavy (non-hydrogen) atoms. The van der Waals surface area contributed by atoms with Gasteiger partial charge in [-0.1, -0.05) is 13.0 Å². The van der Waals surface area contributed by atoms with Crippen molar-refractivity contribution < 1.29 is 4.21 Å². The number of hydrogen-bond donors (Lipinski definition) is 1. The van der Waals surface area contributed by atoms with Crippen LogP contribution in [0.15, 0.2) is 17.0 Å². The Morgan fingerprint density at radius 2 is 2.00 bits per heavy atom. The molecule has 2 N–H and O–H groups in total. The molecule has 1 aliphatic heterocycles. The van der Waals surface area contributed by atoms with E-state index < -0.39 is 10.8 Å². The van der Waals surface area contributed by atoms with Crippen LogP contribution in [0.5, 0.6) is 0 Å². The Hall–Kier alpha value is -0.670. The Labute approximate surface area is 98.7 Å². The van der Waals surface area contributed by atoms with Gasteiger partial charge in [0.25, 0.3) is 0 Å². The summed E-state index contributed by atoms with van der Waals surface area (Å²) < 4.78 is 12.2. The molecular formula is C13H17NOS. The number of hydrogen-bond acceptors (Lipinski definition) is 2. The maximum atomic E-state index is 12.2. The summed E-state index contributed by atoms with van der Waals surface area (Å²) >= 11 is 0. The maximum absolute atomic E-state index is 12.2. The second-order valence-corrected chi connectivity index (χ2v) is 6.80. The third-order valence-electron chi connectivity index (χ3n) is 3.79. The average molecular weight is 235 g/mol. The van der Waals surface area contributed by atoms with E-state index in [9.17, 15) is 4.21 Å². The largest absolute Gasteiger partial charge is 0.324 e. The van der Waals surface area contributed by atoms with Gasteiger partial charge in [-0.2, -0.15) is 0 Å². The fourth-order valence-corrected chi connectivity index (χ4v) is 4.39. The number of nitrogens with two attached hydrogens (primary N) is 1. The van der Waals surface area contributed by atoms with Crippen molar-refractivity contribution in [2.75, 3.05) is 0 Å². The summed E-state index contributed by atoms with van der Waals surface area (Å²) in [6.07, 6.45) is 4.38. The van der Waals surface area contributed by atoms with Gasteiger partial charge in [-0.05, 0) is 48.4 Å². The molecule has 0 saturated heterocycles. The third-order valence-corrected chi connectivity index (χ3v) is 5.50. The lowest BCUT2D eigenvalue weighted by Gasteiger charge is -2.27. The van der Waals surface area contributed by atoms with E-state index in [2.05, 4.69) is 12.1 Å². The van der Waals surface area contributed by atoms with Crippen molar-refractivity contribution in [2.24, 2.45) is 5.73 Å². The Morgan fingerprint density at radius 1 is 1.31 bits per heavy atom. The predicted molar refractivity (Wildman–Crippen MR) is 65.9 cm³/mol. The van der Waals surface area contributed by atoms with Crippen LogP contribution < -0.4 is 5.73 Å². The lowest BCUT2D eigenvalue weighted by Crippen LogP contribution is -2.27. The molecule has 0 spiro atoms. The average Bonchev–Trinajstić information content (AvgIpc) is 2.71. The van der Waals surface area contributed by atoms with Crippen LogP contribution >= 0.6 is 0 Å². The molecule has 1 aromatic carbocycles. The highest BCUT2D eigenvalue weighted by molar-refractivity contribution is 7.85. The highest BCUT2D eigenvalue weighted by atomic mass is 32.2. The highest BCUT2D eigenvalue weighted by Crippen LogP contribution is 2.36. The molecule has 0 radical (unpaired) electrons. The van der Waals surface area contributed by atoms with Crippen LogP contribution in [0.3, 0.4) is 0 Å². The summed E-state index contributed by atoms with van der Waals surface area (Å²) in [7, 11) is -0.853. The molecule has 0 amide bonds. The van der Waals surface area contributed by atoms with E-state index >= 15 is 0 Å². The monoisotopic (exact) mass is 235 g/mol. The van der Waals surface area contributed by atoms with E-state index in [0.717, 1.165) is 29.7 Å². The van der Waals surface area contributed by atoms with Crippen LogP contribution in [0.25, 0.3) is 0 Å². The first-order valence-corrected chi connectivity index (χ1v) is 7.20. The number of rotatable bonds is 0. The Balaban J connectivity index is 2.17. The zero-order valence-corrected chi connectivity index (χ0v) is 10.3. The Kier molecular flexibility index (Phi) is 2.41. The Bertz CT molecular complexity index is 469. The fourth-order valence-electron chi connectivity index (χ4n) is 2.87. The fraction of sp³-hybridized carbons (Fsp3) is 0.538. The van der Waals surface area contributed by atoms with Crippen molar-refractivity contribution in [1.29, 1.82) is 0 Å². The number of fused-ring (bicyclic) bond motifs is 2. The van der Waals surface area contributed by atoms with Crippen LogP contribution in [0.2, 0.25) is 0 Å². The SMILES string of the molecule is CC1CC(N)c2cc3c(cc2S1=O)CCC3. The lowest BCUT2D eigenvalue weighted by atomic mass is 9.98. The van der Waals surface area contributed by atoms with E-state index in [0.29, 0.717) is 0 Å². The standard InChI is InChI=1S/C13H17NOS/c1-8-5-12(14)11-6-9-3-2-4-10(9)7-13(11)16(8)15/h6-8,12H,2-5,14H2,1H3. The first-order chi connectivity index (χ1) is 7.66. The van der Waals surface area contributed by atoms with Crippen LogP contribution in [0, 0.1) is 0 Å². The first-order valence-electron chi connectivity index (χ1n) is 5.98. The quantitative estimate of drug-likeness (QED) is 0.748.